The van der Waals surface area contributed by atoms with E-state index >= 15 is 0 Å². The quantitative estimate of drug-likeness (QED) is 0.216. The van der Waals surface area contributed by atoms with Crippen LogP contribution in [0.25, 0.3) is 0 Å². The van der Waals surface area contributed by atoms with Crippen molar-refractivity contribution in [2.24, 2.45) is 4.99 Å². The number of rotatable bonds is 8. The zero-order valence-corrected chi connectivity index (χ0v) is 21.7. The lowest BCUT2D eigenvalue weighted by Crippen LogP contribution is -2.38. The molecule has 1 unspecified atom stereocenters. The number of carbonyl (C=O) groups excluding carboxylic acids is 2. The second-order valence-corrected chi connectivity index (χ2v) is 7.45. The highest BCUT2D eigenvalue weighted by atomic mass is 127. The van der Waals surface area contributed by atoms with Crippen LogP contribution in [0.15, 0.2) is 15.5 Å². The molecule has 2 heterocycles. The molecular formula is C20H29IN4O5S. The van der Waals surface area contributed by atoms with Crippen molar-refractivity contribution in [1.29, 1.82) is 0 Å². The van der Waals surface area contributed by atoms with Gasteiger partial charge in [-0.25, -0.2) is 19.6 Å². The van der Waals surface area contributed by atoms with Crippen molar-refractivity contribution in [3.8, 4) is 0 Å². The first-order valence-corrected chi connectivity index (χ1v) is 10.5. The predicted molar refractivity (Wildman–Crippen MR) is 129 cm³/mol. The van der Waals surface area contributed by atoms with Crippen LogP contribution in [0.4, 0.5) is 0 Å². The second-order valence-electron chi connectivity index (χ2n) is 6.42. The zero-order chi connectivity index (χ0) is 22.3. The number of halogens is 1. The fourth-order valence-corrected chi connectivity index (χ4v) is 3.63. The van der Waals surface area contributed by atoms with Crippen molar-refractivity contribution < 1.29 is 23.5 Å². The van der Waals surface area contributed by atoms with Crippen molar-refractivity contribution in [3.63, 3.8) is 0 Å². The molecule has 0 aromatic carbocycles. The number of guanidine groups is 1. The van der Waals surface area contributed by atoms with Gasteiger partial charge in [-0.3, -0.25) is 0 Å². The Bertz CT molecular complexity index is 925. The smallest absolute Gasteiger partial charge is 0.350 e. The number of carbonyl (C=O) groups is 2. The van der Waals surface area contributed by atoms with E-state index < -0.39 is 5.97 Å². The van der Waals surface area contributed by atoms with E-state index in [0.717, 1.165) is 5.01 Å². The summed E-state index contributed by atoms with van der Waals surface area (Å²) in [5.74, 6) is 0.794. The van der Waals surface area contributed by atoms with Gasteiger partial charge in [-0.15, -0.1) is 35.3 Å². The highest BCUT2D eigenvalue weighted by Crippen LogP contribution is 2.24. The van der Waals surface area contributed by atoms with E-state index in [1.807, 2.05) is 13.8 Å². The fourth-order valence-electron chi connectivity index (χ4n) is 2.67. The van der Waals surface area contributed by atoms with Crippen molar-refractivity contribution in [2.75, 3.05) is 20.3 Å². The van der Waals surface area contributed by atoms with Gasteiger partial charge in [0.05, 0.1) is 25.5 Å². The summed E-state index contributed by atoms with van der Waals surface area (Å²) in [4.78, 5) is 33.3. The third-order valence-electron chi connectivity index (χ3n) is 4.11. The largest absolute Gasteiger partial charge is 0.465 e. The molecule has 0 aliphatic rings. The lowest BCUT2D eigenvalue weighted by molar-refractivity contribution is 0.0529. The summed E-state index contributed by atoms with van der Waals surface area (Å²) in [5.41, 5.74) is 1.03. The molecule has 0 aliphatic carbocycles. The zero-order valence-electron chi connectivity index (χ0n) is 18.5. The number of methoxy groups -OCH3 is 1. The summed E-state index contributed by atoms with van der Waals surface area (Å²) in [5, 5.41) is 7.19. The highest BCUT2D eigenvalue weighted by Gasteiger charge is 2.20. The van der Waals surface area contributed by atoms with Gasteiger partial charge < -0.3 is 24.5 Å². The molecule has 0 spiro atoms. The molecule has 31 heavy (non-hydrogen) atoms. The molecule has 0 radical (unpaired) electrons. The summed E-state index contributed by atoms with van der Waals surface area (Å²) in [6, 6.07) is 1.45. The van der Waals surface area contributed by atoms with E-state index in [1.54, 1.807) is 26.8 Å². The van der Waals surface area contributed by atoms with Crippen LogP contribution >= 0.6 is 35.3 Å². The molecule has 2 N–H and O–H groups in total. The van der Waals surface area contributed by atoms with Gasteiger partial charge in [-0.05, 0) is 40.7 Å². The number of hydrogen-bond acceptors (Lipinski definition) is 8. The Kier molecular flexibility index (Phi) is 11.0. The minimum absolute atomic E-state index is 0. The summed E-state index contributed by atoms with van der Waals surface area (Å²) < 4.78 is 15.4. The van der Waals surface area contributed by atoms with Gasteiger partial charge in [0.2, 0.25) is 0 Å². The number of furan rings is 1. The maximum Gasteiger partial charge on any atom is 0.350 e. The van der Waals surface area contributed by atoms with Crippen molar-refractivity contribution in [1.82, 2.24) is 15.6 Å². The SMILES string of the molecule is CCNC(=NCc1cc(C(=O)OC)c(C)o1)NC(C)c1nc(C)c(C(=O)OCC)s1.I. The Labute approximate surface area is 203 Å². The average Bonchev–Trinajstić information content (AvgIpc) is 3.28. The van der Waals surface area contributed by atoms with Crippen LogP contribution in [0.1, 0.15) is 69.1 Å². The molecule has 0 amide bonds. The van der Waals surface area contributed by atoms with E-state index in [4.69, 9.17) is 13.9 Å². The second kappa shape index (κ2) is 12.6. The van der Waals surface area contributed by atoms with Crippen LogP contribution in [-0.2, 0) is 16.0 Å². The summed E-state index contributed by atoms with van der Waals surface area (Å²) in [6.45, 7) is 10.4. The number of nitrogens with zero attached hydrogens (tertiary/aromatic N) is 2. The number of esters is 2. The minimum Gasteiger partial charge on any atom is -0.465 e. The molecule has 2 aromatic rings. The monoisotopic (exact) mass is 564 g/mol. The number of aryl methyl sites for hydroxylation is 2. The Balaban J connectivity index is 0.00000480. The maximum absolute atomic E-state index is 12.0. The van der Waals surface area contributed by atoms with Crippen LogP contribution in [0.3, 0.4) is 0 Å². The normalized spacial score (nSPS) is 12.0. The number of nitrogens with one attached hydrogen (secondary N) is 2. The molecule has 2 rings (SSSR count). The Morgan fingerprint density at radius 3 is 2.61 bits per heavy atom. The molecule has 0 bridgehead atoms. The summed E-state index contributed by atoms with van der Waals surface area (Å²) >= 11 is 1.30. The number of aliphatic imine (C=N–C) groups is 1. The number of aromatic nitrogens is 1. The van der Waals surface area contributed by atoms with E-state index in [2.05, 4.69) is 20.6 Å². The summed E-state index contributed by atoms with van der Waals surface area (Å²) in [7, 11) is 1.33. The average molecular weight is 564 g/mol. The molecule has 1 atom stereocenters. The van der Waals surface area contributed by atoms with Crippen molar-refractivity contribution in [3.05, 3.63) is 38.7 Å². The van der Waals surface area contributed by atoms with Gasteiger partial charge in [-0.1, -0.05) is 0 Å². The predicted octanol–water partition coefficient (Wildman–Crippen LogP) is 3.75. The van der Waals surface area contributed by atoms with E-state index in [1.165, 1.54) is 18.4 Å². The Morgan fingerprint density at radius 2 is 2.00 bits per heavy atom. The van der Waals surface area contributed by atoms with Gasteiger partial charge >= 0.3 is 11.9 Å². The fraction of sp³-hybridized carbons (Fsp3) is 0.500. The maximum atomic E-state index is 12.0. The minimum atomic E-state index is -0.443. The van der Waals surface area contributed by atoms with Gasteiger partial charge in [0.25, 0.3) is 0 Å². The van der Waals surface area contributed by atoms with Gasteiger partial charge in [-0.2, -0.15) is 0 Å². The molecule has 0 saturated carbocycles. The molecule has 0 aliphatic heterocycles. The van der Waals surface area contributed by atoms with E-state index in [9.17, 15) is 9.59 Å². The molecule has 11 heteroatoms. The van der Waals surface area contributed by atoms with Crippen LogP contribution in [0.2, 0.25) is 0 Å². The van der Waals surface area contributed by atoms with Crippen LogP contribution in [-0.4, -0.2) is 43.1 Å². The molecule has 9 nitrogen and oxygen atoms in total. The van der Waals surface area contributed by atoms with E-state index in [0.29, 0.717) is 46.8 Å². The standard InChI is InChI=1S/C20H28N4O5S.HI/c1-7-21-20(22-10-14-9-15(13(5)29-14)18(25)27-6)24-12(4)17-23-11(3)16(30-17)19(26)28-8-2;/h9,12H,7-8,10H2,1-6H3,(H2,21,22,24);1H. The van der Waals surface area contributed by atoms with Gasteiger partial charge in [0.15, 0.2) is 5.96 Å². The van der Waals surface area contributed by atoms with Crippen LogP contribution in [0.5, 0.6) is 0 Å². The van der Waals surface area contributed by atoms with Crippen LogP contribution in [0, 0.1) is 13.8 Å². The highest BCUT2D eigenvalue weighted by molar-refractivity contribution is 14.0. The molecule has 2 aromatic heterocycles. The first-order valence-electron chi connectivity index (χ1n) is 9.67. The van der Waals surface area contributed by atoms with Crippen molar-refractivity contribution >= 4 is 53.2 Å². The molecule has 0 saturated heterocycles. The number of thiazole rings is 1. The third kappa shape index (κ3) is 7.20. The molecule has 172 valence electrons. The first-order chi connectivity index (χ1) is 14.3. The lowest BCUT2D eigenvalue weighted by Gasteiger charge is -2.15. The molecular weight excluding hydrogens is 535 g/mol. The Morgan fingerprint density at radius 1 is 1.29 bits per heavy atom. The van der Waals surface area contributed by atoms with Gasteiger partial charge in [0.1, 0.15) is 33.5 Å². The number of hydrogen-bond donors (Lipinski definition) is 2. The molecule has 0 fully saturated rings. The third-order valence-corrected chi connectivity index (χ3v) is 5.43. The number of ether oxygens (including phenoxy) is 2. The van der Waals surface area contributed by atoms with Crippen molar-refractivity contribution in [2.45, 2.75) is 47.2 Å². The van der Waals surface area contributed by atoms with E-state index in [-0.39, 0.29) is 42.5 Å². The Hall–Kier alpha value is -2.15. The summed E-state index contributed by atoms with van der Waals surface area (Å²) in [6.07, 6.45) is 0. The lowest BCUT2D eigenvalue weighted by atomic mass is 10.2. The topological polar surface area (TPSA) is 115 Å². The first kappa shape index (κ1) is 26.9. The van der Waals surface area contributed by atoms with Gasteiger partial charge in [0, 0.05) is 6.54 Å². The van der Waals surface area contributed by atoms with Crippen LogP contribution < -0.4 is 10.6 Å².